The Kier molecular flexibility index (Phi) is 5.60. The summed E-state index contributed by atoms with van der Waals surface area (Å²) in [5, 5.41) is 4.64. The van der Waals surface area contributed by atoms with Crippen LogP contribution in [-0.2, 0) is 24.4 Å². The average Bonchev–Trinajstić information content (AvgIpc) is 3.19. The summed E-state index contributed by atoms with van der Waals surface area (Å²) in [5.41, 5.74) is 4.77. The van der Waals surface area contributed by atoms with Gasteiger partial charge in [-0.1, -0.05) is 12.1 Å². The van der Waals surface area contributed by atoms with Crippen molar-refractivity contribution in [3.8, 4) is 11.5 Å². The number of para-hydroxylation sites is 1. The van der Waals surface area contributed by atoms with Crippen LogP contribution in [0.25, 0.3) is 0 Å². The Balaban J connectivity index is 1.81. The maximum atomic E-state index is 5.66. The van der Waals surface area contributed by atoms with Crippen LogP contribution in [0.1, 0.15) is 29.4 Å². The fourth-order valence-corrected chi connectivity index (χ4v) is 3.28. The molecule has 0 radical (unpaired) electrons. The molecule has 0 spiro atoms. The van der Waals surface area contributed by atoms with E-state index in [1.807, 2.05) is 12.1 Å². The number of hydrogen-bond donors (Lipinski definition) is 0. The molecular weight excluding hydrogens is 318 g/mol. The third kappa shape index (κ3) is 3.80. The van der Waals surface area contributed by atoms with E-state index in [-0.39, 0.29) is 0 Å². The minimum atomic E-state index is 0.298. The maximum Gasteiger partial charge on any atom is 0.231 e. The second-order valence-corrected chi connectivity index (χ2v) is 6.32. The summed E-state index contributed by atoms with van der Waals surface area (Å²) >= 11 is 0. The molecule has 0 saturated carbocycles. The van der Waals surface area contributed by atoms with Gasteiger partial charge in [0.2, 0.25) is 6.79 Å². The van der Waals surface area contributed by atoms with Crippen LogP contribution >= 0.6 is 0 Å². The van der Waals surface area contributed by atoms with Crippen molar-refractivity contribution in [1.82, 2.24) is 14.7 Å². The normalized spacial score (nSPS) is 13.0. The first-order valence-corrected chi connectivity index (χ1v) is 8.75. The molecule has 0 aliphatic carbocycles. The quantitative estimate of drug-likeness (QED) is 0.736. The molecule has 3 rings (SSSR count). The maximum absolute atomic E-state index is 5.66. The van der Waals surface area contributed by atoms with Crippen molar-refractivity contribution in [3.63, 3.8) is 0 Å². The third-order valence-electron chi connectivity index (χ3n) is 4.70. The highest BCUT2D eigenvalue weighted by molar-refractivity contribution is 5.48. The molecule has 0 saturated heterocycles. The molecule has 0 bridgehead atoms. The standard InChI is InChI=1S/C19H27N3O3/c1-5-22-15(3)17(14(2)20-22)12-21(9-10-23-4)11-16-7-6-8-18-19(16)25-13-24-18/h6-8H,5,9-13H2,1-4H3. The molecular formula is C19H27N3O3. The van der Waals surface area contributed by atoms with E-state index in [0.717, 1.165) is 48.9 Å². The second kappa shape index (κ2) is 7.89. The average molecular weight is 345 g/mol. The summed E-state index contributed by atoms with van der Waals surface area (Å²) in [6.07, 6.45) is 0. The molecule has 0 unspecified atom stereocenters. The van der Waals surface area contributed by atoms with Crippen molar-refractivity contribution in [1.29, 1.82) is 0 Å². The van der Waals surface area contributed by atoms with Crippen molar-refractivity contribution in [2.75, 3.05) is 27.1 Å². The van der Waals surface area contributed by atoms with E-state index in [0.29, 0.717) is 13.4 Å². The van der Waals surface area contributed by atoms with E-state index in [9.17, 15) is 0 Å². The zero-order valence-corrected chi connectivity index (χ0v) is 15.5. The van der Waals surface area contributed by atoms with Gasteiger partial charge in [-0.3, -0.25) is 9.58 Å². The van der Waals surface area contributed by atoms with Crippen LogP contribution in [-0.4, -0.2) is 41.7 Å². The van der Waals surface area contributed by atoms with Crippen LogP contribution in [0.5, 0.6) is 11.5 Å². The molecule has 0 atom stereocenters. The van der Waals surface area contributed by atoms with E-state index in [2.05, 4.69) is 41.5 Å². The number of ether oxygens (including phenoxy) is 3. The van der Waals surface area contributed by atoms with Gasteiger partial charge in [-0.05, 0) is 26.8 Å². The number of nitrogens with zero attached hydrogens (tertiary/aromatic N) is 3. The number of benzene rings is 1. The molecule has 6 heteroatoms. The fraction of sp³-hybridized carbons (Fsp3) is 0.526. The van der Waals surface area contributed by atoms with Gasteiger partial charge in [-0.15, -0.1) is 0 Å². The highest BCUT2D eigenvalue weighted by Crippen LogP contribution is 2.36. The Morgan fingerprint density at radius 1 is 1.24 bits per heavy atom. The van der Waals surface area contributed by atoms with Crippen LogP contribution in [0, 0.1) is 13.8 Å². The summed E-state index contributed by atoms with van der Waals surface area (Å²) in [6, 6.07) is 6.07. The van der Waals surface area contributed by atoms with E-state index in [1.165, 1.54) is 11.3 Å². The molecule has 2 aromatic rings. The molecule has 1 aromatic carbocycles. The fourth-order valence-electron chi connectivity index (χ4n) is 3.28. The first kappa shape index (κ1) is 17.8. The van der Waals surface area contributed by atoms with Crippen molar-refractivity contribution in [2.24, 2.45) is 0 Å². The zero-order valence-electron chi connectivity index (χ0n) is 15.5. The Morgan fingerprint density at radius 3 is 2.80 bits per heavy atom. The SMILES string of the molecule is CCn1nc(C)c(CN(CCOC)Cc2cccc3c2OCO3)c1C. The topological polar surface area (TPSA) is 48.8 Å². The van der Waals surface area contributed by atoms with Crippen LogP contribution < -0.4 is 9.47 Å². The zero-order chi connectivity index (χ0) is 17.8. The first-order valence-electron chi connectivity index (χ1n) is 8.75. The van der Waals surface area contributed by atoms with E-state index >= 15 is 0 Å². The number of rotatable bonds is 8. The Hall–Kier alpha value is -2.05. The van der Waals surface area contributed by atoms with Gasteiger partial charge in [0, 0.05) is 50.1 Å². The summed E-state index contributed by atoms with van der Waals surface area (Å²) in [4.78, 5) is 2.37. The van der Waals surface area contributed by atoms with Gasteiger partial charge >= 0.3 is 0 Å². The van der Waals surface area contributed by atoms with Gasteiger partial charge in [0.1, 0.15) is 0 Å². The van der Waals surface area contributed by atoms with E-state index in [4.69, 9.17) is 14.2 Å². The second-order valence-electron chi connectivity index (χ2n) is 6.32. The van der Waals surface area contributed by atoms with Gasteiger partial charge in [0.25, 0.3) is 0 Å². The molecule has 0 amide bonds. The number of hydrogen-bond acceptors (Lipinski definition) is 5. The predicted molar refractivity (Wildman–Crippen MR) is 95.9 cm³/mol. The number of aryl methyl sites for hydroxylation is 2. The van der Waals surface area contributed by atoms with Gasteiger partial charge < -0.3 is 14.2 Å². The van der Waals surface area contributed by atoms with Crippen LogP contribution in [0.15, 0.2) is 18.2 Å². The summed E-state index contributed by atoms with van der Waals surface area (Å²) < 4.78 is 18.5. The molecule has 1 aromatic heterocycles. The number of aromatic nitrogens is 2. The largest absolute Gasteiger partial charge is 0.454 e. The smallest absolute Gasteiger partial charge is 0.231 e. The highest BCUT2D eigenvalue weighted by atomic mass is 16.7. The summed E-state index contributed by atoms with van der Waals surface area (Å²) in [5.74, 6) is 1.69. The molecule has 25 heavy (non-hydrogen) atoms. The van der Waals surface area contributed by atoms with Crippen molar-refractivity contribution >= 4 is 0 Å². The molecule has 6 nitrogen and oxygen atoms in total. The summed E-state index contributed by atoms with van der Waals surface area (Å²) in [7, 11) is 1.74. The Bertz CT molecular complexity index is 727. The van der Waals surface area contributed by atoms with Gasteiger partial charge in [-0.25, -0.2) is 0 Å². The predicted octanol–water partition coefficient (Wildman–Crippen LogP) is 2.90. The number of methoxy groups -OCH3 is 1. The van der Waals surface area contributed by atoms with Gasteiger partial charge in [0.05, 0.1) is 12.3 Å². The lowest BCUT2D eigenvalue weighted by Crippen LogP contribution is -2.27. The van der Waals surface area contributed by atoms with Crippen LogP contribution in [0.4, 0.5) is 0 Å². The molecule has 0 N–H and O–H groups in total. The minimum absolute atomic E-state index is 0.298. The Morgan fingerprint density at radius 2 is 2.08 bits per heavy atom. The van der Waals surface area contributed by atoms with E-state index in [1.54, 1.807) is 7.11 Å². The first-order chi connectivity index (χ1) is 12.1. The lowest BCUT2D eigenvalue weighted by molar-refractivity contribution is 0.138. The van der Waals surface area contributed by atoms with Gasteiger partial charge in [-0.2, -0.15) is 5.10 Å². The van der Waals surface area contributed by atoms with Crippen molar-refractivity contribution in [3.05, 3.63) is 40.7 Å². The van der Waals surface area contributed by atoms with Crippen molar-refractivity contribution in [2.45, 2.75) is 40.4 Å². The summed E-state index contributed by atoms with van der Waals surface area (Å²) in [6.45, 7) is 10.7. The molecule has 0 fully saturated rings. The molecule has 2 heterocycles. The van der Waals surface area contributed by atoms with Crippen molar-refractivity contribution < 1.29 is 14.2 Å². The minimum Gasteiger partial charge on any atom is -0.454 e. The van der Waals surface area contributed by atoms with Crippen LogP contribution in [0.2, 0.25) is 0 Å². The monoisotopic (exact) mass is 345 g/mol. The third-order valence-corrected chi connectivity index (χ3v) is 4.70. The number of fused-ring (bicyclic) bond motifs is 1. The molecule has 1 aliphatic heterocycles. The molecule has 136 valence electrons. The Labute approximate surface area is 149 Å². The molecule has 1 aliphatic rings. The van der Waals surface area contributed by atoms with Crippen LogP contribution in [0.3, 0.4) is 0 Å². The lowest BCUT2D eigenvalue weighted by atomic mass is 10.1. The highest BCUT2D eigenvalue weighted by Gasteiger charge is 2.20. The van der Waals surface area contributed by atoms with E-state index < -0.39 is 0 Å². The lowest BCUT2D eigenvalue weighted by Gasteiger charge is -2.23. The van der Waals surface area contributed by atoms with Gasteiger partial charge in [0.15, 0.2) is 11.5 Å².